The van der Waals surface area contributed by atoms with Crippen molar-refractivity contribution in [3.8, 4) is 16.9 Å². The van der Waals surface area contributed by atoms with Gasteiger partial charge in [0.1, 0.15) is 11.3 Å². The summed E-state index contributed by atoms with van der Waals surface area (Å²) in [6, 6.07) is 12.2. The second kappa shape index (κ2) is 6.19. The minimum Gasteiger partial charge on any atom is -0.506 e. The topological polar surface area (TPSA) is 80.6 Å². The van der Waals surface area contributed by atoms with E-state index in [2.05, 4.69) is 0 Å². The van der Waals surface area contributed by atoms with Gasteiger partial charge in [-0.05, 0) is 18.1 Å². The zero-order chi connectivity index (χ0) is 18.3. The van der Waals surface area contributed by atoms with Crippen LogP contribution < -0.4 is 5.63 Å². The molecule has 0 aliphatic carbocycles. The largest absolute Gasteiger partial charge is 0.506 e. The first-order valence-electron chi connectivity index (χ1n) is 8.40. The molecule has 5 nitrogen and oxygen atoms in total. The van der Waals surface area contributed by atoms with Crippen LogP contribution in [0.4, 0.5) is 0 Å². The van der Waals surface area contributed by atoms with Crippen molar-refractivity contribution in [3.63, 3.8) is 0 Å². The SMILES string of the molecule is CCCC(=O)c1c(O)c2c(-c3ccccc3)cc(=O)oc2c2ccoc12. The fourth-order valence-electron chi connectivity index (χ4n) is 3.29. The molecule has 0 saturated heterocycles. The van der Waals surface area contributed by atoms with Crippen molar-refractivity contribution in [1.29, 1.82) is 0 Å². The molecule has 4 aromatic rings. The van der Waals surface area contributed by atoms with Crippen LogP contribution in [0.3, 0.4) is 0 Å². The molecule has 4 rings (SSSR count). The number of fused-ring (bicyclic) bond motifs is 3. The first-order valence-corrected chi connectivity index (χ1v) is 8.40. The van der Waals surface area contributed by atoms with Crippen LogP contribution in [-0.4, -0.2) is 10.9 Å². The molecular formula is C21H16O5. The Balaban J connectivity index is 2.20. The number of ketones is 1. The van der Waals surface area contributed by atoms with Crippen molar-refractivity contribution < 1.29 is 18.7 Å². The highest BCUT2D eigenvalue weighted by molar-refractivity contribution is 6.20. The molecule has 2 heterocycles. The molecule has 0 unspecified atom stereocenters. The van der Waals surface area contributed by atoms with Crippen molar-refractivity contribution in [1.82, 2.24) is 0 Å². The Bertz CT molecular complexity index is 1180. The number of hydrogen-bond donors (Lipinski definition) is 1. The van der Waals surface area contributed by atoms with E-state index in [1.807, 2.05) is 37.3 Å². The van der Waals surface area contributed by atoms with E-state index in [9.17, 15) is 14.7 Å². The summed E-state index contributed by atoms with van der Waals surface area (Å²) in [4.78, 5) is 24.8. The summed E-state index contributed by atoms with van der Waals surface area (Å²) >= 11 is 0. The van der Waals surface area contributed by atoms with Gasteiger partial charge in [-0.3, -0.25) is 4.79 Å². The maximum atomic E-state index is 12.6. The lowest BCUT2D eigenvalue weighted by Gasteiger charge is -2.12. The highest BCUT2D eigenvalue weighted by Gasteiger charge is 2.25. The smallest absolute Gasteiger partial charge is 0.336 e. The van der Waals surface area contributed by atoms with Gasteiger partial charge < -0.3 is 13.9 Å². The van der Waals surface area contributed by atoms with Gasteiger partial charge in [-0.2, -0.15) is 0 Å². The van der Waals surface area contributed by atoms with Crippen LogP contribution in [0.1, 0.15) is 30.1 Å². The van der Waals surface area contributed by atoms with Crippen LogP contribution in [0.5, 0.6) is 5.75 Å². The van der Waals surface area contributed by atoms with Crippen molar-refractivity contribution >= 4 is 27.7 Å². The van der Waals surface area contributed by atoms with Crippen molar-refractivity contribution in [2.24, 2.45) is 0 Å². The number of rotatable bonds is 4. The van der Waals surface area contributed by atoms with Gasteiger partial charge in [0.05, 0.1) is 17.0 Å². The van der Waals surface area contributed by atoms with Crippen LogP contribution in [-0.2, 0) is 0 Å². The minimum absolute atomic E-state index is 0.130. The van der Waals surface area contributed by atoms with E-state index in [0.29, 0.717) is 22.8 Å². The van der Waals surface area contributed by atoms with E-state index in [-0.39, 0.29) is 34.7 Å². The first kappa shape index (κ1) is 16.1. The molecule has 2 aromatic heterocycles. The minimum atomic E-state index is -0.536. The molecular weight excluding hydrogens is 332 g/mol. The number of hydrogen-bond acceptors (Lipinski definition) is 5. The van der Waals surface area contributed by atoms with Crippen LogP contribution in [0, 0.1) is 0 Å². The van der Waals surface area contributed by atoms with Crippen LogP contribution in [0.15, 0.2) is 62.4 Å². The summed E-state index contributed by atoms with van der Waals surface area (Å²) in [5.74, 6) is -0.430. The molecule has 5 heteroatoms. The molecule has 0 bridgehead atoms. The van der Waals surface area contributed by atoms with E-state index in [1.165, 1.54) is 12.3 Å². The van der Waals surface area contributed by atoms with Gasteiger partial charge >= 0.3 is 5.63 Å². The lowest BCUT2D eigenvalue weighted by atomic mass is 9.95. The predicted octanol–water partition coefficient (Wildman–Crippen LogP) is 4.89. The third-order valence-electron chi connectivity index (χ3n) is 4.41. The summed E-state index contributed by atoms with van der Waals surface area (Å²) < 4.78 is 10.8. The fourth-order valence-corrected chi connectivity index (χ4v) is 3.29. The Morgan fingerprint density at radius 3 is 2.62 bits per heavy atom. The quantitative estimate of drug-likeness (QED) is 0.419. The summed E-state index contributed by atoms with van der Waals surface area (Å²) in [5, 5.41) is 11.8. The molecule has 0 atom stereocenters. The van der Waals surface area contributed by atoms with Crippen LogP contribution in [0.2, 0.25) is 0 Å². The van der Waals surface area contributed by atoms with Gasteiger partial charge in [0.25, 0.3) is 0 Å². The van der Waals surface area contributed by atoms with E-state index >= 15 is 0 Å². The predicted molar refractivity (Wildman–Crippen MR) is 98.6 cm³/mol. The van der Waals surface area contributed by atoms with E-state index in [4.69, 9.17) is 8.83 Å². The molecule has 2 aromatic carbocycles. The number of phenols is 1. The number of phenolic OH excluding ortho intramolecular Hbond substituents is 1. The normalized spacial score (nSPS) is 11.3. The molecule has 0 fully saturated rings. The van der Waals surface area contributed by atoms with Gasteiger partial charge in [-0.25, -0.2) is 4.79 Å². The Kier molecular flexibility index (Phi) is 3.84. The monoisotopic (exact) mass is 348 g/mol. The number of benzene rings is 2. The average Bonchev–Trinajstić information content (AvgIpc) is 3.11. The van der Waals surface area contributed by atoms with Crippen LogP contribution in [0.25, 0.3) is 33.1 Å². The number of furan rings is 1. The molecule has 0 aliphatic heterocycles. The van der Waals surface area contributed by atoms with E-state index in [1.54, 1.807) is 6.07 Å². The number of carbonyl (C=O) groups is 1. The average molecular weight is 348 g/mol. The summed E-state index contributed by atoms with van der Waals surface area (Å²) in [6.45, 7) is 1.89. The molecule has 0 spiro atoms. The van der Waals surface area contributed by atoms with Crippen molar-refractivity contribution in [2.45, 2.75) is 19.8 Å². The number of carbonyl (C=O) groups excluding carboxylic acids is 1. The lowest BCUT2D eigenvalue weighted by Crippen LogP contribution is -2.03. The molecule has 0 amide bonds. The molecule has 0 radical (unpaired) electrons. The third kappa shape index (κ3) is 2.40. The zero-order valence-electron chi connectivity index (χ0n) is 14.1. The Hall–Kier alpha value is -3.34. The standard InChI is InChI=1S/C21H16O5/c1-2-6-15(22)18-19(24)17-14(12-7-4-3-5-8-12)11-16(23)26-21(17)13-9-10-25-20(13)18/h3-5,7-11,24H,2,6H2,1H3. The zero-order valence-corrected chi connectivity index (χ0v) is 14.1. The maximum absolute atomic E-state index is 12.6. The molecule has 0 saturated carbocycles. The molecule has 130 valence electrons. The van der Waals surface area contributed by atoms with Crippen LogP contribution >= 0.6 is 0 Å². The van der Waals surface area contributed by atoms with Crippen molar-refractivity contribution in [3.05, 3.63) is 64.7 Å². The summed E-state index contributed by atoms with van der Waals surface area (Å²) in [6.07, 6.45) is 2.35. The highest BCUT2D eigenvalue weighted by atomic mass is 16.4. The summed E-state index contributed by atoms with van der Waals surface area (Å²) in [5.41, 5.74) is 1.31. The Morgan fingerprint density at radius 1 is 1.12 bits per heavy atom. The number of aromatic hydroxyl groups is 1. The van der Waals surface area contributed by atoms with Gasteiger partial charge in [0.2, 0.25) is 0 Å². The van der Waals surface area contributed by atoms with Gasteiger partial charge in [0, 0.05) is 18.1 Å². The lowest BCUT2D eigenvalue weighted by molar-refractivity contribution is 0.0980. The second-order valence-corrected chi connectivity index (χ2v) is 6.11. The summed E-state index contributed by atoms with van der Waals surface area (Å²) in [7, 11) is 0. The Labute approximate surface area is 148 Å². The van der Waals surface area contributed by atoms with Gasteiger partial charge in [-0.15, -0.1) is 0 Å². The van der Waals surface area contributed by atoms with Gasteiger partial charge in [0.15, 0.2) is 16.9 Å². The fraction of sp³-hybridized carbons (Fsp3) is 0.143. The first-order chi connectivity index (χ1) is 12.6. The maximum Gasteiger partial charge on any atom is 0.336 e. The van der Waals surface area contributed by atoms with E-state index in [0.717, 1.165) is 5.56 Å². The molecule has 0 aliphatic rings. The molecule has 1 N–H and O–H groups in total. The van der Waals surface area contributed by atoms with Crippen molar-refractivity contribution in [2.75, 3.05) is 0 Å². The molecule has 26 heavy (non-hydrogen) atoms. The number of Topliss-reactive ketones (excluding diaryl/α,β-unsaturated/α-hetero) is 1. The third-order valence-corrected chi connectivity index (χ3v) is 4.41. The highest BCUT2D eigenvalue weighted by Crippen LogP contribution is 2.42. The van der Waals surface area contributed by atoms with Gasteiger partial charge in [-0.1, -0.05) is 37.3 Å². The Morgan fingerprint density at radius 2 is 1.88 bits per heavy atom. The second-order valence-electron chi connectivity index (χ2n) is 6.11. The van der Waals surface area contributed by atoms with E-state index < -0.39 is 5.63 Å².